The van der Waals surface area contributed by atoms with Crippen LogP contribution in [0.15, 0.2) is 88.9 Å². The molecule has 0 spiro atoms. The van der Waals surface area contributed by atoms with Crippen molar-refractivity contribution in [3.8, 4) is 17.2 Å². The maximum absolute atomic E-state index is 13.5. The van der Waals surface area contributed by atoms with Crippen LogP contribution in [0.2, 0.25) is 0 Å². The third-order valence-corrected chi connectivity index (χ3v) is 7.59. The van der Waals surface area contributed by atoms with Crippen molar-refractivity contribution in [1.29, 1.82) is 0 Å². The first-order valence-electron chi connectivity index (χ1n) is 12.3. The summed E-state index contributed by atoms with van der Waals surface area (Å²) in [5.41, 5.74) is 4.12. The molecule has 9 heteroatoms. The Morgan fingerprint density at radius 2 is 1.82 bits per heavy atom. The van der Waals surface area contributed by atoms with Gasteiger partial charge < -0.3 is 10.1 Å². The minimum absolute atomic E-state index is 0.167. The van der Waals surface area contributed by atoms with Gasteiger partial charge in [-0.25, -0.2) is 9.67 Å². The van der Waals surface area contributed by atoms with E-state index in [0.29, 0.717) is 33.4 Å². The Kier molecular flexibility index (Phi) is 6.21. The molecular weight excluding hydrogens is 498 g/mol. The number of anilines is 1. The number of amides is 1. The SMILES string of the molecule is Cc1ccc(-n2ncc3c(=O)n4c(nc32)SCC4CC(=O)Nc2ccc(Oc3ccccc3)cc2)c(C)c1. The third kappa shape index (κ3) is 4.56. The summed E-state index contributed by atoms with van der Waals surface area (Å²) in [4.78, 5) is 31.1. The summed E-state index contributed by atoms with van der Waals surface area (Å²) in [6.45, 7) is 4.06. The molecule has 3 aromatic carbocycles. The molecule has 0 saturated carbocycles. The first-order valence-corrected chi connectivity index (χ1v) is 13.3. The van der Waals surface area contributed by atoms with Crippen LogP contribution in [-0.2, 0) is 4.79 Å². The van der Waals surface area contributed by atoms with Crippen LogP contribution in [0.5, 0.6) is 11.5 Å². The first kappa shape index (κ1) is 24.0. The first-order chi connectivity index (χ1) is 18.5. The number of hydrogen-bond acceptors (Lipinski definition) is 6. The number of nitrogens with zero attached hydrogens (tertiary/aromatic N) is 4. The number of hydrogen-bond donors (Lipinski definition) is 1. The number of aryl methyl sites for hydroxylation is 2. The summed E-state index contributed by atoms with van der Waals surface area (Å²) < 4.78 is 9.16. The van der Waals surface area contributed by atoms with Crippen LogP contribution in [0.3, 0.4) is 0 Å². The summed E-state index contributed by atoms with van der Waals surface area (Å²) in [5.74, 6) is 1.86. The fraction of sp³-hybridized carbons (Fsp3) is 0.172. The Bertz CT molecular complexity index is 1710. The quantitative estimate of drug-likeness (QED) is 0.289. The molecule has 0 radical (unpaired) electrons. The van der Waals surface area contributed by atoms with Crippen LogP contribution in [0, 0.1) is 13.8 Å². The molecule has 0 fully saturated rings. The summed E-state index contributed by atoms with van der Waals surface area (Å²) in [5, 5.41) is 8.45. The van der Waals surface area contributed by atoms with E-state index in [1.165, 1.54) is 11.8 Å². The Morgan fingerprint density at radius 1 is 1.05 bits per heavy atom. The van der Waals surface area contributed by atoms with E-state index < -0.39 is 0 Å². The van der Waals surface area contributed by atoms with E-state index >= 15 is 0 Å². The molecule has 5 aromatic rings. The second kappa shape index (κ2) is 9.83. The lowest BCUT2D eigenvalue weighted by Crippen LogP contribution is -2.27. The van der Waals surface area contributed by atoms with Crippen LogP contribution in [0.4, 0.5) is 5.69 Å². The molecule has 2 aromatic heterocycles. The van der Waals surface area contributed by atoms with Crippen molar-refractivity contribution in [2.45, 2.75) is 31.5 Å². The summed E-state index contributed by atoms with van der Waals surface area (Å²) >= 11 is 1.48. The molecule has 0 saturated heterocycles. The van der Waals surface area contributed by atoms with Crippen molar-refractivity contribution in [3.05, 3.63) is 100 Å². The van der Waals surface area contributed by atoms with Gasteiger partial charge in [0.2, 0.25) is 5.91 Å². The van der Waals surface area contributed by atoms with Crippen molar-refractivity contribution in [2.24, 2.45) is 0 Å². The highest BCUT2D eigenvalue weighted by molar-refractivity contribution is 7.99. The van der Waals surface area contributed by atoms with Gasteiger partial charge >= 0.3 is 0 Å². The number of carbonyl (C=O) groups is 1. The van der Waals surface area contributed by atoms with E-state index in [1.807, 2.05) is 68.4 Å². The van der Waals surface area contributed by atoms with Crippen LogP contribution in [0.25, 0.3) is 16.7 Å². The monoisotopic (exact) mass is 523 g/mol. The fourth-order valence-electron chi connectivity index (χ4n) is 4.66. The van der Waals surface area contributed by atoms with E-state index in [0.717, 1.165) is 22.6 Å². The molecule has 1 atom stereocenters. The molecule has 38 heavy (non-hydrogen) atoms. The molecule has 0 bridgehead atoms. The zero-order valence-corrected chi connectivity index (χ0v) is 21.7. The molecule has 190 valence electrons. The standard InChI is InChI=1S/C29H25N5O3S/c1-18-8-13-25(19(2)14-18)34-27-24(16-30-34)28(36)33-21(17-38-29(33)32-27)15-26(35)31-20-9-11-23(12-10-20)37-22-6-4-3-5-7-22/h3-14,16,21H,15,17H2,1-2H3,(H,31,35). The zero-order valence-electron chi connectivity index (χ0n) is 20.9. The highest BCUT2D eigenvalue weighted by atomic mass is 32.2. The molecule has 1 N–H and O–H groups in total. The van der Waals surface area contributed by atoms with Crippen LogP contribution in [0.1, 0.15) is 23.6 Å². The lowest BCUT2D eigenvalue weighted by Gasteiger charge is -2.14. The lowest BCUT2D eigenvalue weighted by atomic mass is 10.1. The van der Waals surface area contributed by atoms with Gasteiger partial charge in [-0.15, -0.1) is 0 Å². The number of rotatable bonds is 6. The van der Waals surface area contributed by atoms with Gasteiger partial charge in [-0.1, -0.05) is 47.7 Å². The van der Waals surface area contributed by atoms with Gasteiger partial charge in [0.1, 0.15) is 16.9 Å². The van der Waals surface area contributed by atoms with Gasteiger partial charge in [-0.3, -0.25) is 14.2 Å². The minimum atomic E-state index is -0.287. The fourth-order valence-corrected chi connectivity index (χ4v) is 5.79. The minimum Gasteiger partial charge on any atom is -0.457 e. The van der Waals surface area contributed by atoms with Crippen LogP contribution in [-0.4, -0.2) is 31.0 Å². The van der Waals surface area contributed by atoms with E-state index in [1.54, 1.807) is 27.6 Å². The summed E-state index contributed by atoms with van der Waals surface area (Å²) in [6, 6.07) is 22.5. The van der Waals surface area contributed by atoms with E-state index in [4.69, 9.17) is 9.72 Å². The molecule has 1 unspecified atom stereocenters. The summed E-state index contributed by atoms with van der Waals surface area (Å²) in [7, 11) is 0. The van der Waals surface area contributed by atoms with Gasteiger partial charge in [0, 0.05) is 17.9 Å². The van der Waals surface area contributed by atoms with Crippen LogP contribution >= 0.6 is 11.8 Å². The van der Waals surface area contributed by atoms with Gasteiger partial charge in [-0.2, -0.15) is 5.10 Å². The molecule has 3 heterocycles. The highest BCUT2D eigenvalue weighted by Crippen LogP contribution is 2.34. The predicted octanol–water partition coefficient (Wildman–Crippen LogP) is 5.67. The Balaban J connectivity index is 1.19. The van der Waals surface area contributed by atoms with Crippen molar-refractivity contribution in [2.75, 3.05) is 11.1 Å². The van der Waals surface area contributed by atoms with E-state index in [-0.39, 0.29) is 23.9 Å². The molecule has 8 nitrogen and oxygen atoms in total. The van der Waals surface area contributed by atoms with Gasteiger partial charge in [0.05, 0.1) is 17.9 Å². The van der Waals surface area contributed by atoms with E-state index in [2.05, 4.69) is 16.5 Å². The number of para-hydroxylation sites is 1. The molecule has 0 aliphatic carbocycles. The number of thioether (sulfide) groups is 1. The highest BCUT2D eigenvalue weighted by Gasteiger charge is 2.29. The average Bonchev–Trinajstić information content (AvgIpc) is 3.51. The molecule has 1 aliphatic rings. The summed E-state index contributed by atoms with van der Waals surface area (Å²) in [6.07, 6.45) is 1.73. The normalized spacial score (nSPS) is 14.4. The molecule has 1 amide bonds. The number of benzene rings is 3. The van der Waals surface area contributed by atoms with Crippen molar-refractivity contribution in [3.63, 3.8) is 0 Å². The third-order valence-electron chi connectivity index (χ3n) is 6.49. The van der Waals surface area contributed by atoms with E-state index in [9.17, 15) is 9.59 Å². The van der Waals surface area contributed by atoms with Crippen molar-refractivity contribution >= 4 is 34.4 Å². The largest absolute Gasteiger partial charge is 0.457 e. The molecule has 6 rings (SSSR count). The van der Waals surface area contributed by atoms with Crippen molar-refractivity contribution < 1.29 is 9.53 Å². The average molecular weight is 524 g/mol. The lowest BCUT2D eigenvalue weighted by molar-refractivity contribution is -0.116. The van der Waals surface area contributed by atoms with Crippen LogP contribution < -0.4 is 15.6 Å². The molecule has 1 aliphatic heterocycles. The zero-order chi connectivity index (χ0) is 26.2. The second-order valence-corrected chi connectivity index (χ2v) is 10.3. The van der Waals surface area contributed by atoms with Gasteiger partial charge in [0.15, 0.2) is 10.8 Å². The maximum Gasteiger partial charge on any atom is 0.265 e. The molecular formula is C29H25N5O3S. The number of fused-ring (bicyclic) bond motifs is 2. The Morgan fingerprint density at radius 3 is 2.58 bits per heavy atom. The second-order valence-electron chi connectivity index (χ2n) is 9.31. The Labute approximate surface area is 223 Å². The van der Waals surface area contributed by atoms with Gasteiger partial charge in [-0.05, 0) is 61.9 Å². The topological polar surface area (TPSA) is 91.0 Å². The maximum atomic E-state index is 13.5. The number of carbonyl (C=O) groups excluding carboxylic acids is 1. The Hall–Kier alpha value is -4.37. The van der Waals surface area contributed by atoms with Crippen molar-refractivity contribution in [1.82, 2.24) is 19.3 Å². The smallest absolute Gasteiger partial charge is 0.265 e. The predicted molar refractivity (Wildman–Crippen MR) is 149 cm³/mol. The number of aromatic nitrogens is 4. The van der Waals surface area contributed by atoms with Gasteiger partial charge in [0.25, 0.3) is 5.56 Å². The number of nitrogens with one attached hydrogen (secondary N) is 1. The number of ether oxygens (including phenoxy) is 1.